The van der Waals surface area contributed by atoms with E-state index in [1.807, 2.05) is 0 Å². The van der Waals surface area contributed by atoms with Crippen molar-refractivity contribution in [2.24, 2.45) is 0 Å². The first-order chi connectivity index (χ1) is 10.8. The molecule has 1 aliphatic rings. The van der Waals surface area contributed by atoms with Gasteiger partial charge in [0, 0.05) is 0 Å². The first kappa shape index (κ1) is 12.0. The summed E-state index contributed by atoms with van der Waals surface area (Å²) in [5.74, 6) is 0. The molecule has 4 aromatic rings. The van der Waals surface area contributed by atoms with E-state index in [4.69, 9.17) is 0 Å². The van der Waals surface area contributed by atoms with Crippen LogP contribution in [0.2, 0.25) is 0 Å². The molecule has 0 aromatic heterocycles. The van der Waals surface area contributed by atoms with Crippen LogP contribution >= 0.6 is 0 Å². The van der Waals surface area contributed by atoms with Gasteiger partial charge in [0.2, 0.25) is 0 Å². The Morgan fingerprint density at radius 2 is 1.32 bits per heavy atom. The molecule has 1 aliphatic carbocycles. The fourth-order valence-corrected chi connectivity index (χ4v) is 3.97. The van der Waals surface area contributed by atoms with Gasteiger partial charge < -0.3 is 0 Å². The molecule has 0 aliphatic heterocycles. The predicted octanol–water partition coefficient (Wildman–Crippen LogP) is 5.87. The average molecular weight is 280 g/mol. The standard InChI is InChI=1S/C22H16/c1-14-10-11-15-13-21-18-8-3-2-6-16(18)17-7-4-5-9-19(17)22(21)20(15)12-14/h2-12H,13H2,1H3. The summed E-state index contributed by atoms with van der Waals surface area (Å²) in [6.45, 7) is 2.18. The van der Waals surface area contributed by atoms with Gasteiger partial charge in [-0.3, -0.25) is 0 Å². The lowest BCUT2D eigenvalue weighted by Crippen LogP contribution is -1.87. The van der Waals surface area contributed by atoms with Gasteiger partial charge in [-0.05, 0) is 57.1 Å². The van der Waals surface area contributed by atoms with E-state index in [1.54, 1.807) is 0 Å². The minimum absolute atomic E-state index is 1.05. The summed E-state index contributed by atoms with van der Waals surface area (Å²) < 4.78 is 0. The maximum absolute atomic E-state index is 2.35. The zero-order valence-corrected chi connectivity index (χ0v) is 12.6. The lowest BCUT2D eigenvalue weighted by Gasteiger charge is -2.12. The molecule has 0 N–H and O–H groups in total. The predicted molar refractivity (Wildman–Crippen MR) is 94.4 cm³/mol. The third-order valence-corrected chi connectivity index (χ3v) is 4.94. The second-order valence-corrected chi connectivity index (χ2v) is 6.28. The summed E-state index contributed by atoms with van der Waals surface area (Å²) >= 11 is 0. The zero-order valence-electron chi connectivity index (χ0n) is 12.6. The smallest absolute Gasteiger partial charge is 0.000705 e. The molecular formula is C22H16. The number of aryl methyl sites for hydroxylation is 1. The molecule has 4 aromatic carbocycles. The summed E-state index contributed by atoms with van der Waals surface area (Å²) in [5.41, 5.74) is 7.17. The van der Waals surface area contributed by atoms with Gasteiger partial charge in [0.05, 0.1) is 0 Å². The first-order valence-corrected chi connectivity index (χ1v) is 7.85. The van der Waals surface area contributed by atoms with E-state index in [-0.39, 0.29) is 0 Å². The monoisotopic (exact) mass is 280 g/mol. The Morgan fingerprint density at radius 3 is 2.09 bits per heavy atom. The molecule has 0 heteroatoms. The summed E-state index contributed by atoms with van der Waals surface area (Å²) in [6, 6.07) is 24.6. The molecule has 5 rings (SSSR count). The Kier molecular flexibility index (Phi) is 2.29. The average Bonchev–Trinajstić information content (AvgIpc) is 2.94. The third kappa shape index (κ3) is 1.47. The Morgan fingerprint density at radius 1 is 0.682 bits per heavy atom. The van der Waals surface area contributed by atoms with Crippen molar-refractivity contribution in [1.82, 2.24) is 0 Å². The van der Waals surface area contributed by atoms with Gasteiger partial charge in [0.25, 0.3) is 0 Å². The molecule has 0 heterocycles. The topological polar surface area (TPSA) is 0 Å². The molecule has 0 nitrogen and oxygen atoms in total. The largest absolute Gasteiger partial charge is 0.0616 e. The number of fused-ring (bicyclic) bond motifs is 8. The van der Waals surface area contributed by atoms with Gasteiger partial charge in [0.15, 0.2) is 0 Å². The fourth-order valence-electron chi connectivity index (χ4n) is 3.97. The Hall–Kier alpha value is -2.60. The third-order valence-electron chi connectivity index (χ3n) is 4.94. The van der Waals surface area contributed by atoms with E-state index in [2.05, 4.69) is 73.7 Å². The molecule has 22 heavy (non-hydrogen) atoms. The number of hydrogen-bond acceptors (Lipinski definition) is 0. The second kappa shape index (κ2) is 4.20. The Bertz CT molecular complexity index is 1050. The normalized spacial score (nSPS) is 12.6. The van der Waals surface area contributed by atoms with Crippen molar-refractivity contribution in [3.63, 3.8) is 0 Å². The van der Waals surface area contributed by atoms with E-state index in [0.29, 0.717) is 0 Å². The maximum Gasteiger partial charge on any atom is -0.000705 e. The van der Waals surface area contributed by atoms with Crippen LogP contribution < -0.4 is 0 Å². The molecule has 0 spiro atoms. The highest BCUT2D eigenvalue weighted by molar-refractivity contribution is 6.17. The van der Waals surface area contributed by atoms with E-state index in [0.717, 1.165) is 6.42 Å². The van der Waals surface area contributed by atoms with Crippen molar-refractivity contribution >= 4 is 21.5 Å². The molecule has 0 bridgehead atoms. The van der Waals surface area contributed by atoms with Crippen molar-refractivity contribution in [3.05, 3.63) is 83.4 Å². The van der Waals surface area contributed by atoms with Gasteiger partial charge in [0.1, 0.15) is 0 Å². The molecule has 0 atom stereocenters. The van der Waals surface area contributed by atoms with Crippen molar-refractivity contribution < 1.29 is 0 Å². The summed E-state index contributed by atoms with van der Waals surface area (Å²) in [4.78, 5) is 0. The molecule has 0 saturated carbocycles. The van der Waals surface area contributed by atoms with Crippen molar-refractivity contribution in [3.8, 4) is 11.1 Å². The van der Waals surface area contributed by atoms with Crippen LogP contribution in [-0.2, 0) is 6.42 Å². The highest BCUT2D eigenvalue weighted by Gasteiger charge is 2.23. The minimum atomic E-state index is 1.05. The SMILES string of the molecule is Cc1ccc2c(c1)-c1c(c3ccccc3c3ccccc13)C2. The van der Waals surface area contributed by atoms with Crippen LogP contribution in [0.4, 0.5) is 0 Å². The zero-order chi connectivity index (χ0) is 14.7. The second-order valence-electron chi connectivity index (χ2n) is 6.28. The van der Waals surface area contributed by atoms with Crippen LogP contribution in [0.15, 0.2) is 66.7 Å². The van der Waals surface area contributed by atoms with Crippen molar-refractivity contribution in [1.29, 1.82) is 0 Å². The van der Waals surface area contributed by atoms with Crippen LogP contribution in [0.25, 0.3) is 32.7 Å². The maximum atomic E-state index is 2.35. The number of rotatable bonds is 0. The number of benzene rings is 4. The molecule has 0 amide bonds. The Balaban J connectivity index is 2.05. The van der Waals surface area contributed by atoms with Crippen LogP contribution in [0.3, 0.4) is 0 Å². The van der Waals surface area contributed by atoms with Crippen molar-refractivity contribution in [2.45, 2.75) is 13.3 Å². The van der Waals surface area contributed by atoms with Crippen LogP contribution in [0.1, 0.15) is 16.7 Å². The van der Waals surface area contributed by atoms with E-state index in [1.165, 1.54) is 49.4 Å². The van der Waals surface area contributed by atoms with Crippen molar-refractivity contribution in [2.75, 3.05) is 0 Å². The minimum Gasteiger partial charge on any atom is -0.0616 e. The van der Waals surface area contributed by atoms with Gasteiger partial charge >= 0.3 is 0 Å². The van der Waals surface area contributed by atoms with Gasteiger partial charge in [-0.2, -0.15) is 0 Å². The van der Waals surface area contributed by atoms with Gasteiger partial charge in [-0.15, -0.1) is 0 Å². The first-order valence-electron chi connectivity index (χ1n) is 7.85. The fraction of sp³-hybridized carbons (Fsp3) is 0.0909. The number of hydrogen-bond donors (Lipinski definition) is 0. The lowest BCUT2D eigenvalue weighted by molar-refractivity contribution is 1.28. The highest BCUT2D eigenvalue weighted by Crippen LogP contribution is 2.45. The molecule has 104 valence electrons. The lowest BCUT2D eigenvalue weighted by atomic mass is 9.91. The van der Waals surface area contributed by atoms with Crippen LogP contribution in [0, 0.1) is 6.92 Å². The summed E-state index contributed by atoms with van der Waals surface area (Å²) in [6.07, 6.45) is 1.05. The summed E-state index contributed by atoms with van der Waals surface area (Å²) in [5, 5.41) is 5.54. The molecule has 0 fully saturated rings. The molecular weight excluding hydrogens is 264 g/mol. The summed E-state index contributed by atoms with van der Waals surface area (Å²) in [7, 11) is 0. The molecule has 0 radical (unpaired) electrons. The highest BCUT2D eigenvalue weighted by atomic mass is 14.3. The van der Waals surface area contributed by atoms with E-state index < -0.39 is 0 Å². The van der Waals surface area contributed by atoms with E-state index >= 15 is 0 Å². The quantitative estimate of drug-likeness (QED) is 0.311. The van der Waals surface area contributed by atoms with Gasteiger partial charge in [-0.1, -0.05) is 72.3 Å². The van der Waals surface area contributed by atoms with Crippen LogP contribution in [0.5, 0.6) is 0 Å². The van der Waals surface area contributed by atoms with E-state index in [9.17, 15) is 0 Å². The Labute approximate surface area is 130 Å². The van der Waals surface area contributed by atoms with Crippen LogP contribution in [-0.4, -0.2) is 0 Å². The van der Waals surface area contributed by atoms with Gasteiger partial charge in [-0.25, -0.2) is 0 Å². The molecule has 0 saturated heterocycles. The molecule has 0 unspecified atom stereocenters.